The summed E-state index contributed by atoms with van der Waals surface area (Å²) in [6.45, 7) is 4.65. The lowest BCUT2D eigenvalue weighted by Gasteiger charge is -2.25. The number of nitrogens with zero attached hydrogens (tertiary/aromatic N) is 4. The maximum absolute atomic E-state index is 10.8. The van der Waals surface area contributed by atoms with Crippen LogP contribution in [0.4, 0.5) is 0 Å². The Bertz CT molecular complexity index is 402. The van der Waals surface area contributed by atoms with Crippen LogP contribution in [-0.2, 0) is 4.79 Å². The molecule has 0 atom stereocenters. The minimum atomic E-state index is -0.812. The van der Waals surface area contributed by atoms with Crippen LogP contribution in [0.25, 0.3) is 0 Å². The first kappa shape index (κ1) is 22.9. The first-order valence-electron chi connectivity index (χ1n) is 8.36. The second-order valence-corrected chi connectivity index (χ2v) is 5.47. The molecule has 0 radical (unpaired) electrons. The summed E-state index contributed by atoms with van der Waals surface area (Å²) < 4.78 is 0. The van der Waals surface area contributed by atoms with Gasteiger partial charge in [0.1, 0.15) is 0 Å². The molecule has 0 aliphatic rings. The quantitative estimate of drug-likeness (QED) is 0.211. The van der Waals surface area contributed by atoms with Crippen LogP contribution in [0.1, 0.15) is 0 Å². The minimum Gasteiger partial charge on any atom is -0.480 e. The molecule has 25 heavy (non-hydrogen) atoms. The Morgan fingerprint density at radius 3 is 1.76 bits per heavy atom. The third-order valence-electron chi connectivity index (χ3n) is 3.56. The van der Waals surface area contributed by atoms with Crippen molar-refractivity contribution >= 4 is 17.9 Å². The van der Waals surface area contributed by atoms with Crippen LogP contribution in [0, 0.1) is 0 Å². The molecule has 146 valence electrons. The lowest BCUT2D eigenvalue weighted by Crippen LogP contribution is -2.45. The number of rotatable bonds is 11. The molecule has 0 aromatic carbocycles. The summed E-state index contributed by atoms with van der Waals surface area (Å²) in [5.74, 6) is 0.682. The highest BCUT2D eigenvalue weighted by molar-refractivity contribution is 5.79. The zero-order valence-corrected chi connectivity index (χ0v) is 16.1. The summed E-state index contributed by atoms with van der Waals surface area (Å²) in [5.41, 5.74) is 0. The topological polar surface area (TPSA) is 117 Å². The number of aliphatic imine (C=N–C) groups is 2. The molecule has 0 saturated heterocycles. The first-order valence-corrected chi connectivity index (χ1v) is 8.36. The molecule has 0 unspecified atom stereocenters. The summed E-state index contributed by atoms with van der Waals surface area (Å²) in [6.07, 6.45) is 0. The Morgan fingerprint density at radius 2 is 1.40 bits per heavy atom. The Balaban J connectivity index is 4.40. The average molecular weight is 358 g/mol. The smallest absolute Gasteiger partial charge is 0.317 e. The fraction of sp³-hybridized carbons (Fsp3) is 0.800. The number of carboxylic acids is 1. The molecule has 0 aliphatic carbocycles. The monoisotopic (exact) mass is 358 g/mol. The van der Waals surface area contributed by atoms with Gasteiger partial charge in [0.25, 0.3) is 0 Å². The van der Waals surface area contributed by atoms with E-state index in [1.54, 1.807) is 19.0 Å². The number of carboxylic acid groups (broad SMARTS) is 1. The van der Waals surface area contributed by atoms with Crippen molar-refractivity contribution in [1.82, 2.24) is 31.1 Å². The molecule has 0 aromatic rings. The van der Waals surface area contributed by atoms with Crippen LogP contribution in [0.15, 0.2) is 9.98 Å². The van der Waals surface area contributed by atoms with Crippen LogP contribution >= 0.6 is 0 Å². The minimum absolute atomic E-state index is 0.0448. The number of carbonyl (C=O) groups is 1. The Labute approximate surface area is 150 Å². The van der Waals surface area contributed by atoms with Crippen molar-refractivity contribution in [1.29, 1.82) is 0 Å². The van der Waals surface area contributed by atoms with Gasteiger partial charge in [0.2, 0.25) is 0 Å². The van der Waals surface area contributed by atoms with Gasteiger partial charge >= 0.3 is 5.97 Å². The van der Waals surface area contributed by atoms with Crippen molar-refractivity contribution in [2.24, 2.45) is 9.98 Å². The molecule has 0 saturated carbocycles. The molecular weight excluding hydrogens is 324 g/mol. The highest BCUT2D eigenvalue weighted by atomic mass is 16.4. The second-order valence-electron chi connectivity index (χ2n) is 5.47. The summed E-state index contributed by atoms with van der Waals surface area (Å²) in [4.78, 5) is 23.0. The fourth-order valence-electron chi connectivity index (χ4n) is 2.18. The number of hydrogen-bond donors (Lipinski definition) is 5. The number of guanidine groups is 2. The lowest BCUT2D eigenvalue weighted by molar-refractivity contribution is -0.138. The van der Waals surface area contributed by atoms with E-state index in [4.69, 9.17) is 5.11 Å². The molecule has 0 spiro atoms. The summed E-state index contributed by atoms with van der Waals surface area (Å²) in [6, 6.07) is 0. The van der Waals surface area contributed by atoms with Crippen molar-refractivity contribution in [3.8, 4) is 0 Å². The zero-order chi connectivity index (χ0) is 19.1. The Kier molecular flexibility index (Phi) is 13.1. The van der Waals surface area contributed by atoms with E-state index in [1.165, 1.54) is 0 Å². The normalized spacial score (nSPS) is 12.4. The fourth-order valence-corrected chi connectivity index (χ4v) is 2.18. The number of aliphatic carboxylic acids is 1. The highest BCUT2D eigenvalue weighted by Gasteiger charge is 2.09. The number of nitrogens with one attached hydrogen (secondary N) is 4. The van der Waals surface area contributed by atoms with Crippen molar-refractivity contribution in [2.45, 2.75) is 0 Å². The third kappa shape index (κ3) is 12.0. The van der Waals surface area contributed by atoms with Gasteiger partial charge in [-0.1, -0.05) is 0 Å². The molecule has 10 nitrogen and oxygen atoms in total. The zero-order valence-electron chi connectivity index (χ0n) is 16.1. The molecule has 0 aromatic heterocycles. The van der Waals surface area contributed by atoms with E-state index in [-0.39, 0.29) is 6.54 Å². The molecule has 5 N–H and O–H groups in total. The maximum atomic E-state index is 10.8. The van der Waals surface area contributed by atoms with E-state index >= 15 is 0 Å². The van der Waals surface area contributed by atoms with Gasteiger partial charge in [0.05, 0.1) is 6.54 Å². The van der Waals surface area contributed by atoms with Gasteiger partial charge in [-0.2, -0.15) is 0 Å². The molecule has 0 aliphatic heterocycles. The van der Waals surface area contributed by atoms with E-state index in [1.807, 2.05) is 21.1 Å². The second kappa shape index (κ2) is 14.3. The largest absolute Gasteiger partial charge is 0.480 e. The van der Waals surface area contributed by atoms with Gasteiger partial charge in [0.15, 0.2) is 11.9 Å². The Hall–Kier alpha value is -2.07. The van der Waals surface area contributed by atoms with Gasteiger partial charge < -0.3 is 26.4 Å². The van der Waals surface area contributed by atoms with Gasteiger partial charge in [-0.25, -0.2) is 0 Å². The van der Waals surface area contributed by atoms with Crippen LogP contribution in [0.5, 0.6) is 0 Å². The van der Waals surface area contributed by atoms with Crippen molar-refractivity contribution in [3.63, 3.8) is 0 Å². The highest BCUT2D eigenvalue weighted by Crippen LogP contribution is 1.90. The molecule has 10 heteroatoms. The first-order chi connectivity index (χ1) is 12.0. The van der Waals surface area contributed by atoms with Gasteiger partial charge in [-0.05, 0) is 7.05 Å². The summed E-state index contributed by atoms with van der Waals surface area (Å²) in [7, 11) is 8.91. The molecule has 0 rings (SSSR count). The molecular formula is C15H34N8O2. The molecule has 0 heterocycles. The van der Waals surface area contributed by atoms with Crippen LogP contribution in [-0.4, -0.2) is 114 Å². The van der Waals surface area contributed by atoms with Crippen LogP contribution in [0.3, 0.4) is 0 Å². The molecule has 0 amide bonds. The maximum Gasteiger partial charge on any atom is 0.317 e. The van der Waals surface area contributed by atoms with Crippen molar-refractivity contribution in [3.05, 3.63) is 0 Å². The van der Waals surface area contributed by atoms with Crippen molar-refractivity contribution in [2.75, 3.05) is 81.1 Å². The Morgan fingerprint density at radius 1 is 0.920 bits per heavy atom. The standard InChI is InChI=1S/C15H34N8O2/c1-16-14(17-2)20-6-8-23(9-7-21-15(18-3)19-4)11-10-22(5)12-13(24)25/h6-12H2,1-5H3,(H,24,25)(H2,16,17,20)(H2,18,19,21). The number of hydrogen-bond acceptors (Lipinski definition) is 5. The van der Waals surface area contributed by atoms with E-state index < -0.39 is 5.97 Å². The lowest BCUT2D eigenvalue weighted by atomic mass is 10.4. The number of likely N-dealkylation sites (N-methyl/N-ethyl adjacent to an activating group) is 1. The summed E-state index contributed by atoms with van der Waals surface area (Å²) in [5, 5.41) is 21.3. The van der Waals surface area contributed by atoms with E-state index in [9.17, 15) is 4.79 Å². The predicted octanol–water partition coefficient (Wildman–Crippen LogP) is -2.11. The molecule has 0 fully saturated rings. The van der Waals surface area contributed by atoms with E-state index in [0.29, 0.717) is 6.54 Å². The SMILES string of the molecule is CN=C(NC)NCCN(CCNC(=NC)NC)CCN(C)CC(=O)O. The molecule has 0 bridgehead atoms. The van der Waals surface area contributed by atoms with Crippen LogP contribution in [0.2, 0.25) is 0 Å². The predicted molar refractivity (Wildman–Crippen MR) is 102 cm³/mol. The van der Waals surface area contributed by atoms with E-state index in [0.717, 1.165) is 44.6 Å². The average Bonchev–Trinajstić information content (AvgIpc) is 2.59. The third-order valence-corrected chi connectivity index (χ3v) is 3.56. The van der Waals surface area contributed by atoms with Crippen molar-refractivity contribution < 1.29 is 9.90 Å². The van der Waals surface area contributed by atoms with E-state index in [2.05, 4.69) is 36.2 Å². The van der Waals surface area contributed by atoms with Crippen LogP contribution < -0.4 is 21.3 Å². The van der Waals surface area contributed by atoms with Gasteiger partial charge in [-0.3, -0.25) is 24.6 Å². The summed E-state index contributed by atoms with van der Waals surface area (Å²) >= 11 is 0. The van der Waals surface area contributed by atoms with Gasteiger partial charge in [-0.15, -0.1) is 0 Å². The van der Waals surface area contributed by atoms with Gasteiger partial charge in [0, 0.05) is 67.5 Å².